The van der Waals surface area contributed by atoms with E-state index in [0.29, 0.717) is 36.7 Å². The number of esters is 2. The Morgan fingerprint density at radius 2 is 1.23 bits per heavy atom. The number of aliphatic hydroxyl groups is 1. The van der Waals surface area contributed by atoms with Crippen LogP contribution < -0.4 is 0 Å². The van der Waals surface area contributed by atoms with Gasteiger partial charge in [0.1, 0.15) is 19.8 Å². The number of unbranched alkanes of at least 4 members (excludes halogenated alkanes) is 14. The molecule has 0 bridgehead atoms. The number of hydrogen-bond acceptors (Lipinski definition) is 8. The highest BCUT2D eigenvalue weighted by molar-refractivity contribution is 7.47. The van der Waals surface area contributed by atoms with Gasteiger partial charge in [-0.1, -0.05) is 158 Å². The Morgan fingerprint density at radius 1 is 0.661 bits per heavy atom. The van der Waals surface area contributed by atoms with Gasteiger partial charge in [0.2, 0.25) is 0 Å². The van der Waals surface area contributed by atoms with Crippen LogP contribution in [-0.2, 0) is 32.7 Å². The number of phosphoric acid groups is 1. The van der Waals surface area contributed by atoms with Gasteiger partial charge in [-0.3, -0.25) is 18.6 Å². The molecule has 324 valence electrons. The van der Waals surface area contributed by atoms with E-state index in [9.17, 15) is 24.2 Å². The van der Waals surface area contributed by atoms with Crippen molar-refractivity contribution in [2.45, 2.75) is 167 Å². The molecule has 0 spiro atoms. The van der Waals surface area contributed by atoms with Gasteiger partial charge in [0.25, 0.3) is 0 Å². The van der Waals surface area contributed by atoms with Crippen LogP contribution in [0.2, 0.25) is 0 Å². The number of allylic oxidation sites excluding steroid dienone is 8. The predicted molar refractivity (Wildman–Crippen MR) is 230 cm³/mol. The lowest BCUT2D eigenvalue weighted by molar-refractivity contribution is -0.870. The van der Waals surface area contributed by atoms with E-state index in [0.717, 1.165) is 38.5 Å². The van der Waals surface area contributed by atoms with Crippen LogP contribution >= 0.6 is 7.82 Å². The smallest absolute Gasteiger partial charge is 0.462 e. The number of phosphoric ester groups is 1. The van der Waals surface area contributed by atoms with Gasteiger partial charge in [-0.25, -0.2) is 4.57 Å². The van der Waals surface area contributed by atoms with E-state index in [-0.39, 0.29) is 26.1 Å². The number of carbonyl (C=O) groups excluding carboxylic acids is 2. The Morgan fingerprint density at radius 3 is 1.86 bits per heavy atom. The van der Waals surface area contributed by atoms with Gasteiger partial charge in [-0.15, -0.1) is 0 Å². The van der Waals surface area contributed by atoms with E-state index in [1.807, 2.05) is 57.6 Å². The zero-order chi connectivity index (χ0) is 41.6. The largest absolute Gasteiger partial charge is 0.472 e. The molecule has 0 heterocycles. The van der Waals surface area contributed by atoms with Crippen molar-refractivity contribution in [1.29, 1.82) is 0 Å². The quantitative estimate of drug-likeness (QED) is 0.0156. The average molecular weight is 811 g/mol. The molecule has 0 amide bonds. The van der Waals surface area contributed by atoms with Crippen LogP contribution in [0.4, 0.5) is 0 Å². The molecule has 0 saturated carbocycles. The first-order chi connectivity index (χ1) is 26.9. The summed E-state index contributed by atoms with van der Waals surface area (Å²) < 4.78 is 34.2. The second-order valence-electron chi connectivity index (χ2n) is 15.6. The van der Waals surface area contributed by atoms with Crippen LogP contribution in [0.3, 0.4) is 0 Å². The first kappa shape index (κ1) is 53.7. The minimum atomic E-state index is -4.40. The molecule has 11 heteroatoms. The summed E-state index contributed by atoms with van der Waals surface area (Å²) in [5, 5.41) is 10.0. The normalized spacial score (nSPS) is 14.8. The highest BCUT2D eigenvalue weighted by Gasteiger charge is 2.27. The van der Waals surface area contributed by atoms with Crippen molar-refractivity contribution in [2.24, 2.45) is 0 Å². The first-order valence-electron chi connectivity index (χ1n) is 21.6. The number of likely N-dealkylation sites (N-methyl/N-ethyl adjacent to an activating group) is 1. The summed E-state index contributed by atoms with van der Waals surface area (Å²) in [6.07, 6.45) is 40.2. The molecular weight excluding hydrogens is 729 g/mol. The van der Waals surface area contributed by atoms with Crippen molar-refractivity contribution in [3.05, 3.63) is 60.8 Å². The minimum Gasteiger partial charge on any atom is -0.462 e. The van der Waals surface area contributed by atoms with E-state index in [2.05, 4.69) is 32.1 Å². The topological polar surface area (TPSA) is 129 Å². The summed E-state index contributed by atoms with van der Waals surface area (Å²) in [6, 6.07) is 0. The van der Waals surface area contributed by atoms with Crippen molar-refractivity contribution in [3.8, 4) is 0 Å². The molecule has 0 aromatic heterocycles. The van der Waals surface area contributed by atoms with Crippen molar-refractivity contribution < 1.29 is 47.2 Å². The second-order valence-corrected chi connectivity index (χ2v) is 17.0. The summed E-state index contributed by atoms with van der Waals surface area (Å²) in [6.45, 7) is 4.14. The second kappa shape index (κ2) is 37.0. The number of aliphatic hydroxyl groups excluding tert-OH is 1. The van der Waals surface area contributed by atoms with E-state index < -0.39 is 38.6 Å². The van der Waals surface area contributed by atoms with E-state index in [4.69, 9.17) is 18.5 Å². The van der Waals surface area contributed by atoms with Gasteiger partial charge in [-0.05, 0) is 44.9 Å². The number of ether oxygens (including phenoxy) is 2. The van der Waals surface area contributed by atoms with Crippen molar-refractivity contribution in [2.75, 3.05) is 47.5 Å². The number of nitrogens with zero attached hydrogens (tertiary/aromatic N) is 1. The number of rotatable bonds is 38. The third-order valence-electron chi connectivity index (χ3n) is 8.89. The van der Waals surface area contributed by atoms with Gasteiger partial charge in [0, 0.05) is 12.8 Å². The molecule has 2 unspecified atom stereocenters. The zero-order valence-electron chi connectivity index (χ0n) is 36.0. The summed E-state index contributed by atoms with van der Waals surface area (Å²) in [5.41, 5.74) is 0. The van der Waals surface area contributed by atoms with E-state index in [1.165, 1.54) is 64.2 Å². The molecule has 0 aliphatic carbocycles. The van der Waals surface area contributed by atoms with Gasteiger partial charge in [0.15, 0.2) is 6.10 Å². The summed E-state index contributed by atoms with van der Waals surface area (Å²) in [5.74, 6) is -0.907. The fourth-order valence-corrected chi connectivity index (χ4v) is 6.23. The van der Waals surface area contributed by atoms with Crippen molar-refractivity contribution in [1.82, 2.24) is 0 Å². The summed E-state index contributed by atoms with van der Waals surface area (Å²) in [4.78, 5) is 35.3. The van der Waals surface area contributed by atoms with Gasteiger partial charge in [0.05, 0.1) is 33.9 Å². The molecule has 0 aliphatic heterocycles. The first-order valence-corrected chi connectivity index (χ1v) is 23.1. The van der Waals surface area contributed by atoms with Gasteiger partial charge >= 0.3 is 19.8 Å². The summed E-state index contributed by atoms with van der Waals surface area (Å²) >= 11 is 0. The lowest BCUT2D eigenvalue weighted by Crippen LogP contribution is -2.37. The Kier molecular flexibility index (Phi) is 35.4. The third kappa shape index (κ3) is 39.9. The molecule has 0 fully saturated rings. The van der Waals surface area contributed by atoms with Gasteiger partial charge < -0.3 is 24.0 Å². The molecule has 0 saturated heterocycles. The molecule has 2 N–H and O–H groups in total. The molecule has 0 aliphatic rings. The molecule has 0 aromatic carbocycles. The zero-order valence-corrected chi connectivity index (χ0v) is 36.9. The molecule has 10 nitrogen and oxygen atoms in total. The fraction of sp³-hybridized carbons (Fsp3) is 0.733. The molecule has 0 rings (SSSR count). The molecule has 3 atom stereocenters. The number of quaternary nitrogens is 1. The summed E-state index contributed by atoms with van der Waals surface area (Å²) in [7, 11) is 1.41. The molecule has 0 aromatic rings. The predicted octanol–water partition coefficient (Wildman–Crippen LogP) is 11.0. The molecular formula is C45H81NO9P+. The van der Waals surface area contributed by atoms with Gasteiger partial charge in [-0.2, -0.15) is 0 Å². The van der Waals surface area contributed by atoms with E-state index in [1.54, 1.807) is 6.08 Å². The highest BCUT2D eigenvalue weighted by atomic mass is 31.2. The lowest BCUT2D eigenvalue weighted by atomic mass is 10.0. The standard InChI is InChI=1S/C45H80NO9P/c1-6-8-10-12-14-15-16-17-18-19-20-25-29-33-37-45(49)55-43(41-54-56(50,51)53-39-38-46(3,4)5)40-52-44(48)36-32-28-24-22-21-23-27-31-35-42(47)34-30-26-13-11-9-7-2/h9,11,22-24,26-27,30-31,35,42-43,47H,6-8,10,12-21,25,28-29,32-34,36-41H2,1-5H3/p+1/b11-9-,24-22-,27-23-,30-26-,35-31+/t42?,43-/m1/s1. The SMILES string of the molecule is CC/C=C\C/C=C\CC(O)/C=C/C=C\C/C=C\CCCC(=O)OC[C@H](COP(=O)(O)OCC[N+](C)(C)C)OC(=O)CCCCCCCCCCCCCCCC. The van der Waals surface area contributed by atoms with Crippen LogP contribution in [0.1, 0.15) is 155 Å². The van der Waals surface area contributed by atoms with Crippen molar-refractivity contribution >= 4 is 19.8 Å². The van der Waals surface area contributed by atoms with Crippen LogP contribution in [-0.4, -0.2) is 86.1 Å². The van der Waals surface area contributed by atoms with E-state index >= 15 is 0 Å². The monoisotopic (exact) mass is 811 g/mol. The maximum absolute atomic E-state index is 12.7. The van der Waals surface area contributed by atoms with Crippen LogP contribution in [0.15, 0.2) is 60.8 Å². The Bertz CT molecular complexity index is 1160. The molecule has 56 heavy (non-hydrogen) atoms. The minimum absolute atomic E-state index is 0.0115. The Labute approximate surface area is 341 Å². The fourth-order valence-electron chi connectivity index (χ4n) is 5.49. The van der Waals surface area contributed by atoms with Crippen LogP contribution in [0, 0.1) is 0 Å². The van der Waals surface area contributed by atoms with Crippen molar-refractivity contribution in [3.63, 3.8) is 0 Å². The Balaban J connectivity index is 4.53. The average Bonchev–Trinajstić information content (AvgIpc) is 3.14. The van der Waals surface area contributed by atoms with Crippen LogP contribution in [0.25, 0.3) is 0 Å². The maximum Gasteiger partial charge on any atom is 0.472 e. The lowest BCUT2D eigenvalue weighted by Gasteiger charge is -2.24. The number of carbonyl (C=O) groups is 2. The Hall–Kier alpha value is -2.33. The number of hydrogen-bond donors (Lipinski definition) is 2. The highest BCUT2D eigenvalue weighted by Crippen LogP contribution is 2.43. The molecule has 0 radical (unpaired) electrons. The van der Waals surface area contributed by atoms with Crippen LogP contribution in [0.5, 0.6) is 0 Å². The third-order valence-corrected chi connectivity index (χ3v) is 9.88. The maximum atomic E-state index is 12.7.